The van der Waals surface area contributed by atoms with Crippen LogP contribution in [0.15, 0.2) is 18.3 Å². The zero-order chi connectivity index (χ0) is 11.1. The molecule has 0 aromatic carbocycles. The van der Waals surface area contributed by atoms with Crippen molar-refractivity contribution in [2.24, 2.45) is 0 Å². The van der Waals surface area contributed by atoms with Crippen LogP contribution in [-0.2, 0) is 0 Å². The predicted octanol–water partition coefficient (Wildman–Crippen LogP) is 1.47. The van der Waals surface area contributed by atoms with Crippen LogP contribution < -0.4 is 14.8 Å². The van der Waals surface area contributed by atoms with Gasteiger partial charge in [-0.15, -0.1) is 0 Å². The van der Waals surface area contributed by atoms with E-state index in [1.54, 1.807) is 13.3 Å². The van der Waals surface area contributed by atoms with E-state index in [4.69, 9.17) is 9.47 Å². The van der Waals surface area contributed by atoms with E-state index in [9.17, 15) is 0 Å². The highest BCUT2D eigenvalue weighted by molar-refractivity contribution is 5.32. The molecule has 0 bridgehead atoms. The molecule has 0 saturated heterocycles. The Labute approximate surface area is 90.6 Å². The van der Waals surface area contributed by atoms with Crippen molar-refractivity contribution >= 4 is 0 Å². The Morgan fingerprint density at radius 3 is 2.93 bits per heavy atom. The summed E-state index contributed by atoms with van der Waals surface area (Å²) in [5, 5.41) is 3.26. The number of hydrogen-bond acceptors (Lipinski definition) is 4. The molecule has 1 N–H and O–H groups in total. The van der Waals surface area contributed by atoms with E-state index < -0.39 is 0 Å². The summed E-state index contributed by atoms with van der Waals surface area (Å²) in [6.07, 6.45) is 1.69. The van der Waals surface area contributed by atoms with Gasteiger partial charge in [0.05, 0.1) is 7.11 Å². The summed E-state index contributed by atoms with van der Waals surface area (Å²) < 4.78 is 10.6. The summed E-state index contributed by atoms with van der Waals surface area (Å²) in [5.74, 6) is 1.22. The number of hydrogen-bond donors (Lipinski definition) is 1. The molecule has 1 heterocycles. The molecule has 0 atom stereocenters. The third-order valence-electron chi connectivity index (χ3n) is 1.85. The Bertz CT molecular complexity index is 290. The molecule has 84 valence electrons. The minimum Gasteiger partial charge on any atom is -0.491 e. The summed E-state index contributed by atoms with van der Waals surface area (Å²) in [4.78, 5) is 4.09. The summed E-state index contributed by atoms with van der Waals surface area (Å²) in [7, 11) is 1.61. The van der Waals surface area contributed by atoms with Gasteiger partial charge in [0.2, 0.25) is 0 Å². The van der Waals surface area contributed by atoms with Gasteiger partial charge in [-0.3, -0.25) is 0 Å². The van der Waals surface area contributed by atoms with Crippen molar-refractivity contribution in [3.8, 4) is 11.6 Å². The topological polar surface area (TPSA) is 43.4 Å². The van der Waals surface area contributed by atoms with Crippen LogP contribution in [0.4, 0.5) is 0 Å². The quantitative estimate of drug-likeness (QED) is 0.722. The Morgan fingerprint density at radius 1 is 1.47 bits per heavy atom. The molecule has 1 aromatic rings. The van der Waals surface area contributed by atoms with E-state index in [-0.39, 0.29) is 0 Å². The molecule has 0 spiro atoms. The SMILES string of the molecule is COc1cccnc1OCCNC(C)C. The Morgan fingerprint density at radius 2 is 2.27 bits per heavy atom. The smallest absolute Gasteiger partial charge is 0.257 e. The zero-order valence-electron chi connectivity index (χ0n) is 9.49. The van der Waals surface area contributed by atoms with E-state index in [0.29, 0.717) is 24.3 Å². The molecule has 15 heavy (non-hydrogen) atoms. The van der Waals surface area contributed by atoms with Crippen molar-refractivity contribution < 1.29 is 9.47 Å². The lowest BCUT2D eigenvalue weighted by Gasteiger charge is -2.10. The maximum Gasteiger partial charge on any atom is 0.257 e. The van der Waals surface area contributed by atoms with Gasteiger partial charge in [0.1, 0.15) is 6.61 Å². The third-order valence-corrected chi connectivity index (χ3v) is 1.85. The third kappa shape index (κ3) is 4.16. The lowest BCUT2D eigenvalue weighted by atomic mass is 10.4. The van der Waals surface area contributed by atoms with Gasteiger partial charge in [0.15, 0.2) is 5.75 Å². The normalized spacial score (nSPS) is 10.4. The standard InChI is InChI=1S/C11H18N2O2/c1-9(2)12-7-8-15-11-10(14-3)5-4-6-13-11/h4-6,9,12H,7-8H2,1-3H3. The first-order valence-corrected chi connectivity index (χ1v) is 5.09. The van der Waals surface area contributed by atoms with E-state index in [2.05, 4.69) is 24.1 Å². The number of nitrogens with one attached hydrogen (secondary N) is 1. The lowest BCUT2D eigenvalue weighted by Crippen LogP contribution is -2.27. The van der Waals surface area contributed by atoms with Gasteiger partial charge in [-0.2, -0.15) is 0 Å². The summed E-state index contributed by atoms with van der Waals surface area (Å²) in [6, 6.07) is 4.12. The van der Waals surface area contributed by atoms with Crippen molar-refractivity contribution in [2.45, 2.75) is 19.9 Å². The van der Waals surface area contributed by atoms with E-state index in [0.717, 1.165) is 6.54 Å². The molecule has 0 saturated carbocycles. The van der Waals surface area contributed by atoms with Crippen LogP contribution in [0, 0.1) is 0 Å². The van der Waals surface area contributed by atoms with E-state index in [1.807, 2.05) is 12.1 Å². The Balaban J connectivity index is 2.36. The largest absolute Gasteiger partial charge is 0.491 e. The molecule has 4 nitrogen and oxygen atoms in total. The van der Waals surface area contributed by atoms with Gasteiger partial charge in [-0.25, -0.2) is 4.98 Å². The predicted molar refractivity (Wildman–Crippen MR) is 59.4 cm³/mol. The number of nitrogens with zero attached hydrogens (tertiary/aromatic N) is 1. The van der Waals surface area contributed by atoms with Crippen LogP contribution in [0.2, 0.25) is 0 Å². The number of rotatable bonds is 6. The minimum atomic E-state index is 0.472. The first-order valence-electron chi connectivity index (χ1n) is 5.09. The second-order valence-electron chi connectivity index (χ2n) is 3.47. The molecule has 0 aliphatic carbocycles. The molecule has 0 unspecified atom stereocenters. The molecule has 1 aromatic heterocycles. The molecule has 0 fully saturated rings. The fourth-order valence-corrected chi connectivity index (χ4v) is 1.14. The lowest BCUT2D eigenvalue weighted by molar-refractivity contribution is 0.277. The summed E-state index contributed by atoms with van der Waals surface area (Å²) >= 11 is 0. The number of aromatic nitrogens is 1. The van der Waals surface area contributed by atoms with Crippen LogP contribution in [0.3, 0.4) is 0 Å². The highest BCUT2D eigenvalue weighted by Gasteiger charge is 2.03. The van der Waals surface area contributed by atoms with E-state index in [1.165, 1.54) is 0 Å². The van der Waals surface area contributed by atoms with Gasteiger partial charge in [-0.1, -0.05) is 13.8 Å². The second-order valence-corrected chi connectivity index (χ2v) is 3.47. The number of methoxy groups -OCH3 is 1. The van der Waals surface area contributed by atoms with Crippen LogP contribution >= 0.6 is 0 Å². The Hall–Kier alpha value is -1.29. The van der Waals surface area contributed by atoms with Gasteiger partial charge in [0, 0.05) is 18.8 Å². The van der Waals surface area contributed by atoms with Crippen LogP contribution in [0.5, 0.6) is 11.6 Å². The molecular formula is C11H18N2O2. The van der Waals surface area contributed by atoms with Crippen molar-refractivity contribution in [2.75, 3.05) is 20.3 Å². The average Bonchev–Trinajstić information content (AvgIpc) is 2.24. The van der Waals surface area contributed by atoms with Crippen molar-refractivity contribution in [3.63, 3.8) is 0 Å². The van der Waals surface area contributed by atoms with Gasteiger partial charge in [0.25, 0.3) is 5.88 Å². The van der Waals surface area contributed by atoms with Crippen LogP contribution in [0.25, 0.3) is 0 Å². The van der Waals surface area contributed by atoms with Crippen molar-refractivity contribution in [1.82, 2.24) is 10.3 Å². The van der Waals surface area contributed by atoms with Gasteiger partial charge >= 0.3 is 0 Å². The first-order chi connectivity index (χ1) is 7.24. The fourth-order valence-electron chi connectivity index (χ4n) is 1.14. The van der Waals surface area contributed by atoms with Gasteiger partial charge < -0.3 is 14.8 Å². The number of pyridine rings is 1. The maximum absolute atomic E-state index is 5.48. The zero-order valence-corrected chi connectivity index (χ0v) is 9.49. The number of ether oxygens (including phenoxy) is 2. The average molecular weight is 210 g/mol. The van der Waals surface area contributed by atoms with Gasteiger partial charge in [-0.05, 0) is 12.1 Å². The van der Waals surface area contributed by atoms with Crippen molar-refractivity contribution in [1.29, 1.82) is 0 Å². The summed E-state index contributed by atoms with van der Waals surface area (Å²) in [6.45, 7) is 5.59. The molecular weight excluding hydrogens is 192 g/mol. The molecule has 0 radical (unpaired) electrons. The minimum absolute atomic E-state index is 0.472. The molecule has 0 amide bonds. The highest BCUT2D eigenvalue weighted by Crippen LogP contribution is 2.22. The molecule has 4 heteroatoms. The molecule has 1 rings (SSSR count). The second kappa shape index (κ2) is 6.24. The molecule has 0 aliphatic rings. The van der Waals surface area contributed by atoms with Crippen molar-refractivity contribution in [3.05, 3.63) is 18.3 Å². The van der Waals surface area contributed by atoms with Crippen LogP contribution in [0.1, 0.15) is 13.8 Å². The molecule has 0 aliphatic heterocycles. The maximum atomic E-state index is 5.48. The Kier molecular flexibility index (Phi) is 4.90. The highest BCUT2D eigenvalue weighted by atomic mass is 16.5. The fraction of sp³-hybridized carbons (Fsp3) is 0.545. The van der Waals surface area contributed by atoms with E-state index >= 15 is 0 Å². The van der Waals surface area contributed by atoms with Crippen LogP contribution in [-0.4, -0.2) is 31.3 Å². The summed E-state index contributed by atoms with van der Waals surface area (Å²) in [5.41, 5.74) is 0. The monoisotopic (exact) mass is 210 g/mol. The first kappa shape index (κ1) is 11.8.